The quantitative estimate of drug-likeness (QED) is 0.528. The highest BCUT2D eigenvalue weighted by molar-refractivity contribution is 6.30. The lowest BCUT2D eigenvalue weighted by Gasteiger charge is -2.26. The predicted octanol–water partition coefficient (Wildman–Crippen LogP) is 5.27. The molecule has 0 aliphatic carbocycles. The Kier molecular flexibility index (Phi) is 7.26. The fraction of sp³-hybridized carbons (Fsp3) is 0.200. The Morgan fingerprint density at radius 2 is 1.50 bits per heavy atom. The first kappa shape index (κ1) is 21.6. The lowest BCUT2D eigenvalue weighted by molar-refractivity contribution is 0.0600. The summed E-state index contributed by atoms with van der Waals surface area (Å²) in [6.45, 7) is 2.01. The van der Waals surface area contributed by atoms with E-state index in [1.165, 1.54) is 7.11 Å². The molecule has 0 spiro atoms. The van der Waals surface area contributed by atoms with E-state index >= 15 is 0 Å². The maximum atomic E-state index is 12.7. The van der Waals surface area contributed by atoms with Crippen LogP contribution in [0.15, 0.2) is 78.9 Å². The number of ether oxygens (including phenoxy) is 1. The molecule has 0 aliphatic rings. The third-order valence-electron chi connectivity index (χ3n) is 5.13. The van der Waals surface area contributed by atoms with Crippen molar-refractivity contribution in [2.75, 3.05) is 7.11 Å². The van der Waals surface area contributed by atoms with Gasteiger partial charge in [0.25, 0.3) is 5.91 Å². The van der Waals surface area contributed by atoms with Crippen molar-refractivity contribution < 1.29 is 14.3 Å². The van der Waals surface area contributed by atoms with Crippen molar-refractivity contribution in [3.05, 3.63) is 106 Å². The van der Waals surface area contributed by atoms with Crippen LogP contribution in [-0.4, -0.2) is 25.0 Å². The van der Waals surface area contributed by atoms with Gasteiger partial charge in [-0.25, -0.2) is 4.79 Å². The predicted molar refractivity (Wildman–Crippen MR) is 119 cm³/mol. The summed E-state index contributed by atoms with van der Waals surface area (Å²) in [6, 6.07) is 24.2. The molecule has 154 valence electrons. The Hall–Kier alpha value is -3.11. The first-order chi connectivity index (χ1) is 14.5. The molecular formula is C25H24ClNO3. The second kappa shape index (κ2) is 10.1. The fourth-order valence-electron chi connectivity index (χ4n) is 3.42. The van der Waals surface area contributed by atoms with E-state index in [0.29, 0.717) is 22.6 Å². The largest absolute Gasteiger partial charge is 0.465 e. The number of hydrogen-bond donors (Lipinski definition) is 1. The van der Waals surface area contributed by atoms with Crippen LogP contribution in [0.25, 0.3) is 0 Å². The molecule has 0 saturated carbocycles. The van der Waals surface area contributed by atoms with Gasteiger partial charge in [0.15, 0.2) is 0 Å². The number of amides is 1. The van der Waals surface area contributed by atoms with Crippen LogP contribution in [0.3, 0.4) is 0 Å². The number of methoxy groups -OCH3 is 1. The van der Waals surface area contributed by atoms with Gasteiger partial charge in [0.2, 0.25) is 0 Å². The highest BCUT2D eigenvalue weighted by atomic mass is 35.5. The number of nitrogens with one attached hydrogen (secondary N) is 1. The third-order valence-corrected chi connectivity index (χ3v) is 5.38. The summed E-state index contributed by atoms with van der Waals surface area (Å²) in [6.07, 6.45) is 0.716. The fourth-order valence-corrected chi connectivity index (χ4v) is 3.55. The SMILES string of the molecule is COC(=O)c1ccc(CC(c2ccccc2)C(C)NC(=O)c2ccc(Cl)cc2)cc1. The molecule has 0 aromatic heterocycles. The van der Waals surface area contributed by atoms with Crippen LogP contribution in [0.2, 0.25) is 5.02 Å². The second-order valence-corrected chi connectivity index (χ2v) is 7.62. The molecule has 0 aliphatic heterocycles. The minimum absolute atomic E-state index is 0.0615. The van der Waals surface area contributed by atoms with Crippen molar-refractivity contribution in [2.45, 2.75) is 25.3 Å². The zero-order valence-corrected chi connectivity index (χ0v) is 17.7. The van der Waals surface area contributed by atoms with Gasteiger partial charge in [0, 0.05) is 22.5 Å². The molecule has 0 bridgehead atoms. The van der Waals surface area contributed by atoms with E-state index in [2.05, 4.69) is 17.4 Å². The normalized spacial score (nSPS) is 12.6. The molecule has 5 heteroatoms. The number of esters is 1. The Labute approximate surface area is 181 Å². The van der Waals surface area contributed by atoms with Crippen LogP contribution in [0.5, 0.6) is 0 Å². The van der Waals surface area contributed by atoms with E-state index < -0.39 is 0 Å². The van der Waals surface area contributed by atoms with E-state index in [1.807, 2.05) is 37.3 Å². The molecular weight excluding hydrogens is 398 g/mol. The van der Waals surface area contributed by atoms with Gasteiger partial charge in [-0.15, -0.1) is 0 Å². The van der Waals surface area contributed by atoms with Crippen molar-refractivity contribution in [3.63, 3.8) is 0 Å². The molecule has 4 nitrogen and oxygen atoms in total. The van der Waals surface area contributed by atoms with Crippen molar-refractivity contribution in [2.24, 2.45) is 0 Å². The highest BCUT2D eigenvalue weighted by Crippen LogP contribution is 2.25. The van der Waals surface area contributed by atoms with Gasteiger partial charge in [-0.05, 0) is 60.9 Å². The number of carbonyl (C=O) groups excluding carboxylic acids is 2. The van der Waals surface area contributed by atoms with Gasteiger partial charge < -0.3 is 10.1 Å². The summed E-state index contributed by atoms with van der Waals surface area (Å²) in [4.78, 5) is 24.4. The van der Waals surface area contributed by atoms with Crippen molar-refractivity contribution >= 4 is 23.5 Å². The van der Waals surface area contributed by atoms with Crippen molar-refractivity contribution in [1.82, 2.24) is 5.32 Å². The Morgan fingerprint density at radius 3 is 2.10 bits per heavy atom. The number of hydrogen-bond acceptors (Lipinski definition) is 3. The van der Waals surface area contributed by atoms with Crippen molar-refractivity contribution in [3.8, 4) is 0 Å². The van der Waals surface area contributed by atoms with E-state index in [4.69, 9.17) is 16.3 Å². The first-order valence-electron chi connectivity index (χ1n) is 9.76. The molecule has 0 saturated heterocycles. The minimum atomic E-state index is -0.357. The maximum Gasteiger partial charge on any atom is 0.337 e. The molecule has 2 unspecified atom stereocenters. The summed E-state index contributed by atoms with van der Waals surface area (Å²) < 4.78 is 4.76. The van der Waals surface area contributed by atoms with Crippen LogP contribution in [0.4, 0.5) is 0 Å². The van der Waals surface area contributed by atoms with Gasteiger partial charge in [-0.3, -0.25) is 4.79 Å². The number of carbonyl (C=O) groups is 2. The van der Waals surface area contributed by atoms with E-state index in [-0.39, 0.29) is 23.8 Å². The highest BCUT2D eigenvalue weighted by Gasteiger charge is 2.22. The number of halogens is 1. The van der Waals surface area contributed by atoms with Gasteiger partial charge in [0.1, 0.15) is 0 Å². The van der Waals surface area contributed by atoms with Gasteiger partial charge in [0.05, 0.1) is 12.7 Å². The van der Waals surface area contributed by atoms with Crippen LogP contribution >= 0.6 is 11.6 Å². The summed E-state index contributed by atoms with van der Waals surface area (Å²) in [5.74, 6) is -0.433. The monoisotopic (exact) mass is 421 g/mol. The van der Waals surface area contributed by atoms with Gasteiger partial charge in [-0.1, -0.05) is 54.1 Å². The minimum Gasteiger partial charge on any atom is -0.465 e. The summed E-state index contributed by atoms with van der Waals surface area (Å²) in [5, 5.41) is 3.71. The first-order valence-corrected chi connectivity index (χ1v) is 10.1. The lowest BCUT2D eigenvalue weighted by atomic mass is 9.86. The molecule has 30 heavy (non-hydrogen) atoms. The van der Waals surface area contributed by atoms with Crippen LogP contribution in [0, 0.1) is 0 Å². The van der Waals surface area contributed by atoms with Gasteiger partial charge >= 0.3 is 5.97 Å². The van der Waals surface area contributed by atoms with Crippen LogP contribution in [-0.2, 0) is 11.2 Å². The molecule has 1 amide bonds. The molecule has 3 aromatic rings. The van der Waals surface area contributed by atoms with Crippen LogP contribution in [0.1, 0.15) is 44.7 Å². The second-order valence-electron chi connectivity index (χ2n) is 7.18. The molecule has 0 radical (unpaired) electrons. The van der Waals surface area contributed by atoms with Crippen molar-refractivity contribution in [1.29, 1.82) is 0 Å². The topological polar surface area (TPSA) is 55.4 Å². The van der Waals surface area contributed by atoms with E-state index in [9.17, 15) is 9.59 Å². The average Bonchev–Trinajstić information content (AvgIpc) is 2.78. The zero-order valence-electron chi connectivity index (χ0n) is 17.0. The van der Waals surface area contributed by atoms with E-state index in [0.717, 1.165) is 11.1 Å². The molecule has 0 fully saturated rings. The standard InChI is InChI=1S/C25H24ClNO3/c1-17(27-24(28)20-12-14-22(26)15-13-20)23(19-6-4-3-5-7-19)16-18-8-10-21(11-9-18)25(29)30-2/h3-15,17,23H,16H2,1-2H3,(H,27,28). The van der Waals surface area contributed by atoms with Gasteiger partial charge in [-0.2, -0.15) is 0 Å². The Bertz CT molecular complexity index is 985. The zero-order chi connectivity index (χ0) is 21.5. The van der Waals surface area contributed by atoms with Crippen LogP contribution < -0.4 is 5.32 Å². The summed E-state index contributed by atoms with van der Waals surface area (Å²) in [5.41, 5.74) is 3.30. The Balaban J connectivity index is 1.79. The number of benzene rings is 3. The number of rotatable bonds is 7. The third kappa shape index (κ3) is 5.49. The molecule has 2 atom stereocenters. The molecule has 3 rings (SSSR count). The average molecular weight is 422 g/mol. The summed E-state index contributed by atoms with van der Waals surface area (Å²) >= 11 is 5.92. The van der Waals surface area contributed by atoms with E-state index in [1.54, 1.807) is 36.4 Å². The molecule has 1 N–H and O–H groups in total. The maximum absolute atomic E-state index is 12.7. The summed E-state index contributed by atoms with van der Waals surface area (Å²) in [7, 11) is 1.37. The molecule has 3 aromatic carbocycles. The smallest absolute Gasteiger partial charge is 0.337 e. The Morgan fingerprint density at radius 1 is 0.900 bits per heavy atom. The lowest BCUT2D eigenvalue weighted by Crippen LogP contribution is -2.37. The molecule has 0 heterocycles.